The third kappa shape index (κ3) is 3.46. The van der Waals surface area contributed by atoms with Crippen molar-refractivity contribution in [2.75, 3.05) is 29.9 Å². The molecule has 0 radical (unpaired) electrons. The number of pyridine rings is 1. The van der Waals surface area contributed by atoms with Gasteiger partial charge in [-0.25, -0.2) is 4.98 Å². The second kappa shape index (κ2) is 7.62. The number of anilines is 2. The molecular formula is C22H26N4O2. The van der Waals surface area contributed by atoms with E-state index in [1.165, 1.54) is 0 Å². The lowest BCUT2D eigenvalue weighted by atomic mass is 9.99. The van der Waals surface area contributed by atoms with Crippen LogP contribution in [0.15, 0.2) is 42.5 Å². The van der Waals surface area contributed by atoms with Gasteiger partial charge in [-0.3, -0.25) is 9.59 Å². The van der Waals surface area contributed by atoms with Gasteiger partial charge in [0.25, 0.3) is 11.8 Å². The van der Waals surface area contributed by atoms with Crippen LogP contribution in [0.25, 0.3) is 0 Å². The van der Waals surface area contributed by atoms with Gasteiger partial charge in [0.15, 0.2) is 0 Å². The minimum atomic E-state index is -0.171. The predicted octanol–water partition coefficient (Wildman–Crippen LogP) is 3.41. The van der Waals surface area contributed by atoms with E-state index in [2.05, 4.69) is 24.1 Å². The van der Waals surface area contributed by atoms with E-state index in [1.54, 1.807) is 23.1 Å². The van der Waals surface area contributed by atoms with Crippen molar-refractivity contribution in [2.45, 2.75) is 32.7 Å². The standard InChI is InChI=1S/C22H26N4O2/c1-15(2)19-14-26(20-11-4-3-8-16(20)23-19)22(28)18-10-7-9-17(24-18)21(27)25-12-5-6-13-25/h3-4,7-11,15,19,23H,5-6,12-14H2,1-2H3/t19-/m0/s1. The van der Waals surface area contributed by atoms with Crippen LogP contribution >= 0.6 is 0 Å². The number of carbonyl (C=O) groups is 2. The molecule has 0 saturated carbocycles. The summed E-state index contributed by atoms with van der Waals surface area (Å²) in [7, 11) is 0. The third-order valence-corrected chi connectivity index (χ3v) is 5.55. The number of para-hydroxylation sites is 2. The predicted molar refractivity (Wildman–Crippen MR) is 110 cm³/mol. The van der Waals surface area contributed by atoms with E-state index < -0.39 is 0 Å². The number of nitrogens with one attached hydrogen (secondary N) is 1. The Bertz CT molecular complexity index is 890. The van der Waals surface area contributed by atoms with E-state index >= 15 is 0 Å². The van der Waals surface area contributed by atoms with Crippen LogP contribution in [0.1, 0.15) is 47.7 Å². The molecule has 6 heteroatoms. The second-order valence-corrected chi connectivity index (χ2v) is 7.84. The van der Waals surface area contributed by atoms with Gasteiger partial charge in [0.05, 0.1) is 11.4 Å². The molecule has 0 spiro atoms. The van der Waals surface area contributed by atoms with Crippen molar-refractivity contribution in [1.82, 2.24) is 9.88 Å². The molecule has 1 aromatic carbocycles. The number of nitrogens with zero attached hydrogens (tertiary/aromatic N) is 3. The van der Waals surface area contributed by atoms with Crippen LogP contribution in [0.3, 0.4) is 0 Å². The number of likely N-dealkylation sites (tertiary alicyclic amines) is 1. The van der Waals surface area contributed by atoms with Crippen molar-refractivity contribution < 1.29 is 9.59 Å². The summed E-state index contributed by atoms with van der Waals surface area (Å²) in [5, 5.41) is 3.52. The topological polar surface area (TPSA) is 65.5 Å². The Labute approximate surface area is 165 Å². The van der Waals surface area contributed by atoms with Gasteiger partial charge >= 0.3 is 0 Å². The van der Waals surface area contributed by atoms with Gasteiger partial charge in [-0.05, 0) is 43.0 Å². The number of fused-ring (bicyclic) bond motifs is 1. The summed E-state index contributed by atoms with van der Waals surface area (Å²) >= 11 is 0. The lowest BCUT2D eigenvalue weighted by Crippen LogP contribution is -2.47. The minimum Gasteiger partial charge on any atom is -0.379 e. The SMILES string of the molecule is CC(C)[C@@H]1CN(C(=O)c2cccc(C(=O)N3CCCC3)n2)c2ccccc2N1. The van der Waals surface area contributed by atoms with Crippen LogP contribution in [0.4, 0.5) is 11.4 Å². The molecule has 1 atom stereocenters. The Morgan fingerprint density at radius 2 is 1.68 bits per heavy atom. The average molecular weight is 378 g/mol. The monoisotopic (exact) mass is 378 g/mol. The van der Waals surface area contributed by atoms with Crippen molar-refractivity contribution in [2.24, 2.45) is 5.92 Å². The van der Waals surface area contributed by atoms with E-state index in [9.17, 15) is 9.59 Å². The van der Waals surface area contributed by atoms with E-state index in [0.29, 0.717) is 23.9 Å². The number of hydrogen-bond acceptors (Lipinski definition) is 4. The van der Waals surface area contributed by atoms with Gasteiger partial charge in [-0.1, -0.05) is 32.0 Å². The van der Waals surface area contributed by atoms with Crippen LogP contribution in [-0.4, -0.2) is 47.4 Å². The Morgan fingerprint density at radius 1 is 1.00 bits per heavy atom. The van der Waals surface area contributed by atoms with E-state index in [4.69, 9.17) is 0 Å². The summed E-state index contributed by atoms with van der Waals surface area (Å²) < 4.78 is 0. The molecule has 2 aliphatic rings. The normalized spacial score (nSPS) is 18.8. The van der Waals surface area contributed by atoms with Crippen LogP contribution in [0.5, 0.6) is 0 Å². The largest absolute Gasteiger partial charge is 0.379 e. The first-order chi connectivity index (χ1) is 13.5. The van der Waals surface area contributed by atoms with Crippen LogP contribution in [0.2, 0.25) is 0 Å². The maximum atomic E-state index is 13.3. The van der Waals surface area contributed by atoms with E-state index in [-0.39, 0.29) is 17.9 Å². The molecule has 0 aliphatic carbocycles. The summed E-state index contributed by atoms with van der Waals surface area (Å²) in [6, 6.07) is 13.1. The Morgan fingerprint density at radius 3 is 2.39 bits per heavy atom. The third-order valence-electron chi connectivity index (χ3n) is 5.55. The fourth-order valence-corrected chi connectivity index (χ4v) is 3.83. The molecule has 6 nitrogen and oxygen atoms in total. The zero-order valence-electron chi connectivity index (χ0n) is 16.4. The van der Waals surface area contributed by atoms with Crippen molar-refractivity contribution in [3.63, 3.8) is 0 Å². The summed E-state index contributed by atoms with van der Waals surface area (Å²) in [5.74, 6) is 0.114. The summed E-state index contributed by atoms with van der Waals surface area (Å²) in [4.78, 5) is 34.0. The Balaban J connectivity index is 1.63. The maximum Gasteiger partial charge on any atom is 0.277 e. The molecule has 3 heterocycles. The molecule has 2 amide bonds. The first-order valence-corrected chi connectivity index (χ1v) is 9.98. The molecule has 28 heavy (non-hydrogen) atoms. The van der Waals surface area contributed by atoms with Crippen molar-refractivity contribution in [3.05, 3.63) is 53.9 Å². The number of benzene rings is 1. The average Bonchev–Trinajstić information content (AvgIpc) is 3.26. The fraction of sp³-hybridized carbons (Fsp3) is 0.409. The van der Waals surface area contributed by atoms with E-state index in [0.717, 1.165) is 37.3 Å². The fourth-order valence-electron chi connectivity index (χ4n) is 3.83. The second-order valence-electron chi connectivity index (χ2n) is 7.84. The van der Waals surface area contributed by atoms with Crippen molar-refractivity contribution >= 4 is 23.2 Å². The van der Waals surface area contributed by atoms with Crippen LogP contribution < -0.4 is 10.2 Å². The number of hydrogen-bond donors (Lipinski definition) is 1. The minimum absolute atomic E-state index is 0.0899. The molecule has 0 unspecified atom stereocenters. The highest BCUT2D eigenvalue weighted by atomic mass is 16.2. The van der Waals surface area contributed by atoms with Crippen LogP contribution in [-0.2, 0) is 0 Å². The zero-order valence-corrected chi connectivity index (χ0v) is 16.4. The van der Waals surface area contributed by atoms with Gasteiger partial charge < -0.3 is 15.1 Å². The quantitative estimate of drug-likeness (QED) is 0.889. The number of amides is 2. The van der Waals surface area contributed by atoms with Gasteiger partial charge in [0.1, 0.15) is 11.4 Å². The summed E-state index contributed by atoms with van der Waals surface area (Å²) in [5.41, 5.74) is 2.45. The molecule has 0 bridgehead atoms. The molecule has 4 rings (SSSR count). The van der Waals surface area contributed by atoms with Gasteiger partial charge in [0.2, 0.25) is 0 Å². The highest BCUT2D eigenvalue weighted by Gasteiger charge is 2.31. The highest BCUT2D eigenvalue weighted by Crippen LogP contribution is 2.33. The number of carbonyl (C=O) groups excluding carboxylic acids is 2. The van der Waals surface area contributed by atoms with Gasteiger partial charge in [0, 0.05) is 25.7 Å². The molecule has 1 aromatic heterocycles. The maximum absolute atomic E-state index is 13.3. The molecule has 1 N–H and O–H groups in total. The summed E-state index contributed by atoms with van der Waals surface area (Å²) in [6.45, 7) is 6.38. The van der Waals surface area contributed by atoms with Crippen molar-refractivity contribution in [3.8, 4) is 0 Å². The molecule has 1 saturated heterocycles. The van der Waals surface area contributed by atoms with Gasteiger partial charge in [-0.15, -0.1) is 0 Å². The smallest absolute Gasteiger partial charge is 0.277 e. The number of aromatic nitrogens is 1. The van der Waals surface area contributed by atoms with Crippen LogP contribution in [0, 0.1) is 5.92 Å². The highest BCUT2D eigenvalue weighted by molar-refractivity contribution is 6.07. The number of rotatable bonds is 3. The van der Waals surface area contributed by atoms with E-state index in [1.807, 2.05) is 29.2 Å². The molecule has 1 fully saturated rings. The first-order valence-electron chi connectivity index (χ1n) is 9.98. The lowest BCUT2D eigenvalue weighted by Gasteiger charge is -2.37. The van der Waals surface area contributed by atoms with Crippen molar-refractivity contribution in [1.29, 1.82) is 0 Å². The Kier molecular flexibility index (Phi) is 5.03. The lowest BCUT2D eigenvalue weighted by molar-refractivity contribution is 0.0787. The summed E-state index contributed by atoms with van der Waals surface area (Å²) in [6.07, 6.45) is 2.05. The molecule has 2 aliphatic heterocycles. The zero-order chi connectivity index (χ0) is 19.7. The molecule has 2 aromatic rings. The molecular weight excluding hydrogens is 352 g/mol. The Hall–Kier alpha value is -2.89. The molecule has 146 valence electrons. The first kappa shape index (κ1) is 18.5. The van der Waals surface area contributed by atoms with Gasteiger partial charge in [-0.2, -0.15) is 0 Å².